The highest BCUT2D eigenvalue weighted by Crippen LogP contribution is 2.63. The summed E-state index contributed by atoms with van der Waals surface area (Å²) in [5, 5.41) is 1.71. The van der Waals surface area contributed by atoms with Gasteiger partial charge >= 0.3 is 18.7 Å². The molecule has 1 aliphatic rings. The molecule has 0 atom stereocenters. The highest BCUT2D eigenvalue weighted by atomic mass is 79.9. The second-order valence-corrected chi connectivity index (χ2v) is 8.18. The van der Waals surface area contributed by atoms with Gasteiger partial charge in [-0.2, -0.15) is 0 Å². The second kappa shape index (κ2) is 5.14. The first kappa shape index (κ1) is 15.6. The summed E-state index contributed by atoms with van der Waals surface area (Å²) >= 11 is 3.31. The van der Waals surface area contributed by atoms with Crippen LogP contribution < -0.4 is 16.4 Å². The molecule has 0 bridgehead atoms. The van der Waals surface area contributed by atoms with Crippen LogP contribution in [-0.4, -0.2) is 25.0 Å². The number of hydrogen-bond donors (Lipinski definition) is 5. The lowest BCUT2D eigenvalue weighted by Gasteiger charge is -2.19. The molecule has 1 heterocycles. The Morgan fingerprint density at radius 2 is 1.86 bits per heavy atom. The van der Waals surface area contributed by atoms with Crippen LogP contribution >= 0.6 is 23.5 Å². The summed E-state index contributed by atoms with van der Waals surface area (Å²) in [6.45, 7) is 0.156. The van der Waals surface area contributed by atoms with Crippen molar-refractivity contribution in [1.29, 1.82) is 0 Å². The molecule has 1 aliphatic carbocycles. The summed E-state index contributed by atoms with van der Waals surface area (Å²) < 4.78 is 12.2. The fraction of sp³-hybridized carbons (Fsp3) is 0.333. The number of hydrogen-bond acceptors (Lipinski definition) is 4. The second-order valence-electron chi connectivity index (χ2n) is 5.32. The van der Waals surface area contributed by atoms with Gasteiger partial charge in [-0.05, 0) is 30.5 Å². The molecule has 0 unspecified atom stereocenters. The van der Waals surface area contributed by atoms with Gasteiger partial charge in [0.15, 0.2) is 0 Å². The Labute approximate surface area is 132 Å². The van der Waals surface area contributed by atoms with E-state index in [0.717, 1.165) is 0 Å². The Bertz CT molecular complexity index is 911. The van der Waals surface area contributed by atoms with E-state index in [9.17, 15) is 23.9 Å². The van der Waals surface area contributed by atoms with Crippen molar-refractivity contribution in [3.05, 3.63) is 42.9 Å². The molecule has 22 heavy (non-hydrogen) atoms. The van der Waals surface area contributed by atoms with E-state index in [-0.39, 0.29) is 6.54 Å². The van der Waals surface area contributed by atoms with Gasteiger partial charge in [0.05, 0.1) is 11.0 Å². The Morgan fingerprint density at radius 1 is 1.23 bits per heavy atom. The summed E-state index contributed by atoms with van der Waals surface area (Å²) in [5.41, 5.74) is -0.0263. The van der Waals surface area contributed by atoms with E-state index in [1.165, 1.54) is 0 Å². The fourth-order valence-corrected chi connectivity index (χ4v) is 3.83. The highest BCUT2D eigenvalue weighted by molar-refractivity contribution is 9.10. The van der Waals surface area contributed by atoms with E-state index in [0.29, 0.717) is 33.9 Å². The Hall–Kier alpha value is -1.25. The van der Waals surface area contributed by atoms with E-state index >= 15 is 0 Å². The lowest BCUT2D eigenvalue weighted by molar-refractivity contribution is 0.340. The molecule has 0 radical (unpaired) electrons. The number of fused-ring (bicyclic) bond motifs is 1. The van der Waals surface area contributed by atoms with Crippen LogP contribution in [0.25, 0.3) is 11.0 Å². The van der Waals surface area contributed by atoms with E-state index in [4.69, 9.17) is 0 Å². The lowest BCUT2D eigenvalue weighted by atomic mass is 10.1. The van der Waals surface area contributed by atoms with Crippen molar-refractivity contribution >= 4 is 34.6 Å². The number of nitrogens with one attached hydrogen (secondary N) is 3. The predicted molar refractivity (Wildman–Crippen MR) is 83.7 cm³/mol. The Balaban J connectivity index is 2.01. The molecular weight excluding hydrogens is 377 g/mol. The van der Waals surface area contributed by atoms with Gasteiger partial charge in [-0.1, -0.05) is 15.9 Å². The van der Waals surface area contributed by atoms with Crippen molar-refractivity contribution in [3.8, 4) is 0 Å². The Morgan fingerprint density at radius 3 is 2.45 bits per heavy atom. The van der Waals surface area contributed by atoms with E-state index < -0.39 is 24.0 Å². The molecule has 1 fully saturated rings. The van der Waals surface area contributed by atoms with Gasteiger partial charge in [-0.15, -0.1) is 0 Å². The molecule has 2 aromatic rings. The largest absolute Gasteiger partial charge is 0.345 e. The van der Waals surface area contributed by atoms with Gasteiger partial charge < -0.3 is 19.8 Å². The van der Waals surface area contributed by atoms with Gasteiger partial charge in [-0.25, -0.2) is 0 Å². The average Bonchev–Trinajstić information content (AvgIpc) is 3.19. The van der Waals surface area contributed by atoms with Gasteiger partial charge in [0.25, 0.3) is 0 Å². The quantitative estimate of drug-likeness (QED) is 0.386. The third kappa shape index (κ3) is 2.70. The van der Waals surface area contributed by atoms with Crippen LogP contribution in [0.1, 0.15) is 18.4 Å². The minimum Gasteiger partial charge on any atom is -0.323 e. The minimum absolute atomic E-state index is 0.156. The van der Waals surface area contributed by atoms with Gasteiger partial charge in [0, 0.05) is 11.0 Å². The van der Waals surface area contributed by atoms with Crippen molar-refractivity contribution in [3.63, 3.8) is 0 Å². The number of H-pyrrole nitrogens is 2. The molecule has 10 heteroatoms. The number of benzene rings is 1. The number of aromatic amines is 2. The standard InChI is InChI=1S/C12H13BrN3O5P/c13-7-3-6(5-14-12(1-2-12)22(19,20)21)9-8(4-7)15-10(17)11(18)16-9/h3-4,14H,1-2,5H2,(H,15,17)(H,16,18)(H2,19,20,21). The van der Waals surface area contributed by atoms with E-state index in [1.54, 1.807) is 12.1 Å². The summed E-state index contributed by atoms with van der Waals surface area (Å²) in [6, 6.07) is 3.37. The third-order valence-corrected chi connectivity index (χ3v) is 5.95. The van der Waals surface area contributed by atoms with Crippen LogP contribution in [0.5, 0.6) is 0 Å². The summed E-state index contributed by atoms with van der Waals surface area (Å²) in [6.07, 6.45) is 0.799. The molecule has 0 spiro atoms. The zero-order valence-corrected chi connectivity index (χ0v) is 13.7. The van der Waals surface area contributed by atoms with Crippen molar-refractivity contribution in [2.24, 2.45) is 0 Å². The van der Waals surface area contributed by atoms with Crippen molar-refractivity contribution in [1.82, 2.24) is 15.3 Å². The molecule has 8 nitrogen and oxygen atoms in total. The summed E-state index contributed by atoms with van der Waals surface area (Å²) in [7, 11) is -4.24. The van der Waals surface area contributed by atoms with Crippen molar-refractivity contribution in [2.45, 2.75) is 24.7 Å². The number of halogens is 1. The SMILES string of the molecule is O=c1[nH]c2cc(Br)cc(CNC3(P(=O)(O)O)CC3)c2[nH]c1=O. The number of rotatable bonds is 4. The van der Waals surface area contributed by atoms with E-state index in [2.05, 4.69) is 31.2 Å². The molecule has 118 valence electrons. The van der Waals surface area contributed by atoms with Crippen LogP contribution in [0.3, 0.4) is 0 Å². The maximum atomic E-state index is 11.5. The van der Waals surface area contributed by atoms with Crippen molar-refractivity contribution in [2.75, 3.05) is 0 Å². The van der Waals surface area contributed by atoms with Crippen LogP contribution in [0.15, 0.2) is 26.2 Å². The van der Waals surface area contributed by atoms with Crippen LogP contribution in [0, 0.1) is 0 Å². The molecule has 3 rings (SSSR count). The van der Waals surface area contributed by atoms with Crippen LogP contribution in [-0.2, 0) is 11.1 Å². The predicted octanol–water partition coefficient (Wildman–Crippen LogP) is 0.736. The van der Waals surface area contributed by atoms with E-state index in [1.807, 2.05) is 0 Å². The fourth-order valence-electron chi connectivity index (χ4n) is 2.35. The van der Waals surface area contributed by atoms with Gasteiger partial charge in [0.2, 0.25) is 0 Å². The average molecular weight is 390 g/mol. The van der Waals surface area contributed by atoms with Crippen LogP contribution in [0.4, 0.5) is 0 Å². The smallest absolute Gasteiger partial charge is 0.323 e. The highest BCUT2D eigenvalue weighted by Gasteiger charge is 2.56. The molecule has 1 saturated carbocycles. The van der Waals surface area contributed by atoms with Gasteiger partial charge in [-0.3, -0.25) is 19.5 Å². The molecular formula is C12H13BrN3O5P. The normalized spacial score (nSPS) is 16.9. The molecule has 5 N–H and O–H groups in total. The monoisotopic (exact) mass is 389 g/mol. The first-order valence-corrected chi connectivity index (χ1v) is 8.88. The molecule has 1 aromatic heterocycles. The number of aromatic nitrogens is 2. The first-order valence-electron chi connectivity index (χ1n) is 6.47. The molecule has 0 amide bonds. The molecule has 0 saturated heterocycles. The topological polar surface area (TPSA) is 135 Å². The summed E-state index contributed by atoms with van der Waals surface area (Å²) in [4.78, 5) is 46.6. The molecule has 1 aromatic carbocycles. The Kier molecular flexibility index (Phi) is 3.65. The third-order valence-electron chi connectivity index (χ3n) is 3.77. The molecule has 0 aliphatic heterocycles. The first-order chi connectivity index (χ1) is 10.2. The zero-order chi connectivity index (χ0) is 16.1. The maximum Gasteiger partial charge on any atom is 0.345 e. The zero-order valence-electron chi connectivity index (χ0n) is 11.2. The lowest BCUT2D eigenvalue weighted by Crippen LogP contribution is -2.32. The summed E-state index contributed by atoms with van der Waals surface area (Å²) in [5.74, 6) is 0. The van der Waals surface area contributed by atoms with Crippen molar-refractivity contribution < 1.29 is 14.4 Å². The van der Waals surface area contributed by atoms with Crippen LogP contribution in [0.2, 0.25) is 0 Å². The maximum absolute atomic E-state index is 11.5. The van der Waals surface area contributed by atoms with Gasteiger partial charge in [0.1, 0.15) is 5.28 Å². The minimum atomic E-state index is -4.24.